The van der Waals surface area contributed by atoms with Gasteiger partial charge in [0.15, 0.2) is 0 Å². The molecular weight excluding hydrogens is 252 g/mol. The lowest BCUT2D eigenvalue weighted by molar-refractivity contribution is 0.243. The van der Waals surface area contributed by atoms with Gasteiger partial charge in [-0.25, -0.2) is 4.98 Å². The number of aryl methyl sites for hydroxylation is 1. The SMILES string of the molecule is CCc1nc(CN(Cc2ccccc2)C2CC2)cs1. The Bertz CT molecular complexity index is 517. The van der Waals surface area contributed by atoms with Crippen molar-refractivity contribution in [2.24, 2.45) is 0 Å². The number of rotatable bonds is 6. The number of aromatic nitrogens is 1. The van der Waals surface area contributed by atoms with Crippen LogP contribution in [0, 0.1) is 0 Å². The number of nitrogens with zero attached hydrogens (tertiary/aromatic N) is 2. The molecule has 100 valence electrons. The van der Waals surface area contributed by atoms with E-state index in [4.69, 9.17) is 4.98 Å². The summed E-state index contributed by atoms with van der Waals surface area (Å²) in [6.07, 6.45) is 3.74. The smallest absolute Gasteiger partial charge is 0.0926 e. The molecule has 2 nitrogen and oxygen atoms in total. The molecule has 0 N–H and O–H groups in total. The minimum absolute atomic E-state index is 0.770. The molecule has 0 spiro atoms. The van der Waals surface area contributed by atoms with Crippen LogP contribution in [-0.2, 0) is 19.5 Å². The van der Waals surface area contributed by atoms with Crippen LogP contribution in [0.5, 0.6) is 0 Å². The van der Waals surface area contributed by atoms with Gasteiger partial charge in [-0.3, -0.25) is 4.90 Å². The Morgan fingerprint density at radius 2 is 2.00 bits per heavy atom. The van der Waals surface area contributed by atoms with Crippen molar-refractivity contribution in [3.05, 3.63) is 52.0 Å². The summed E-state index contributed by atoms with van der Waals surface area (Å²) in [7, 11) is 0. The third-order valence-electron chi connectivity index (χ3n) is 3.56. The van der Waals surface area contributed by atoms with E-state index in [1.165, 1.54) is 29.1 Å². The molecule has 0 aliphatic heterocycles. The van der Waals surface area contributed by atoms with E-state index in [1.807, 2.05) is 0 Å². The zero-order valence-electron chi connectivity index (χ0n) is 11.4. The van der Waals surface area contributed by atoms with E-state index in [2.05, 4.69) is 47.5 Å². The Hall–Kier alpha value is -1.19. The maximum Gasteiger partial charge on any atom is 0.0926 e. The molecule has 0 atom stereocenters. The van der Waals surface area contributed by atoms with Gasteiger partial charge in [0.2, 0.25) is 0 Å². The van der Waals surface area contributed by atoms with Crippen molar-refractivity contribution in [3.63, 3.8) is 0 Å². The van der Waals surface area contributed by atoms with Crippen LogP contribution in [0.25, 0.3) is 0 Å². The average molecular weight is 272 g/mol. The second-order valence-electron chi connectivity index (χ2n) is 5.21. The normalized spacial score (nSPS) is 15.1. The molecule has 0 unspecified atom stereocenters. The van der Waals surface area contributed by atoms with Crippen LogP contribution in [0.1, 0.15) is 36.0 Å². The van der Waals surface area contributed by atoms with E-state index in [0.29, 0.717) is 0 Å². The van der Waals surface area contributed by atoms with Crippen LogP contribution in [0.2, 0.25) is 0 Å². The third kappa shape index (κ3) is 3.43. The Morgan fingerprint density at radius 1 is 1.21 bits per heavy atom. The van der Waals surface area contributed by atoms with Gasteiger partial charge in [-0.05, 0) is 24.8 Å². The fraction of sp³-hybridized carbons (Fsp3) is 0.438. The van der Waals surface area contributed by atoms with E-state index < -0.39 is 0 Å². The minimum atomic E-state index is 0.770. The lowest BCUT2D eigenvalue weighted by Crippen LogP contribution is -2.25. The molecule has 1 aromatic heterocycles. The van der Waals surface area contributed by atoms with Crippen LogP contribution in [0.4, 0.5) is 0 Å². The van der Waals surface area contributed by atoms with Gasteiger partial charge in [0.05, 0.1) is 10.7 Å². The highest BCUT2D eigenvalue weighted by atomic mass is 32.1. The molecular formula is C16H20N2S. The number of hydrogen-bond acceptors (Lipinski definition) is 3. The highest BCUT2D eigenvalue weighted by Crippen LogP contribution is 2.30. The first-order chi connectivity index (χ1) is 9.35. The first kappa shape index (κ1) is 12.8. The lowest BCUT2D eigenvalue weighted by atomic mass is 10.2. The molecule has 3 rings (SSSR count). The molecule has 2 aromatic rings. The predicted octanol–water partition coefficient (Wildman–Crippen LogP) is 3.87. The standard InChI is InChI=1S/C16H20N2S/c1-2-16-17-14(12-19-16)11-18(15-8-9-15)10-13-6-4-3-5-7-13/h3-7,12,15H,2,8-11H2,1H3. The molecule has 1 fully saturated rings. The van der Waals surface area contributed by atoms with Gasteiger partial charge in [0.25, 0.3) is 0 Å². The Morgan fingerprint density at radius 3 is 2.63 bits per heavy atom. The van der Waals surface area contributed by atoms with Crippen molar-refractivity contribution in [1.82, 2.24) is 9.88 Å². The van der Waals surface area contributed by atoms with Gasteiger partial charge in [0, 0.05) is 24.5 Å². The number of benzene rings is 1. The molecule has 1 aliphatic rings. The summed E-state index contributed by atoms with van der Waals surface area (Å²) >= 11 is 1.79. The summed E-state index contributed by atoms with van der Waals surface area (Å²) in [5, 5.41) is 3.48. The zero-order chi connectivity index (χ0) is 13.1. The summed E-state index contributed by atoms with van der Waals surface area (Å²) in [4.78, 5) is 7.27. The second kappa shape index (κ2) is 5.85. The maximum atomic E-state index is 4.70. The van der Waals surface area contributed by atoms with Crippen molar-refractivity contribution in [2.75, 3.05) is 0 Å². The van der Waals surface area contributed by atoms with E-state index in [9.17, 15) is 0 Å². The first-order valence-electron chi connectivity index (χ1n) is 7.06. The topological polar surface area (TPSA) is 16.1 Å². The molecule has 1 aliphatic carbocycles. The van der Waals surface area contributed by atoms with E-state index in [0.717, 1.165) is 25.6 Å². The van der Waals surface area contributed by atoms with Gasteiger partial charge in [-0.2, -0.15) is 0 Å². The van der Waals surface area contributed by atoms with Crippen LogP contribution in [0.15, 0.2) is 35.7 Å². The molecule has 0 bridgehead atoms. The van der Waals surface area contributed by atoms with Crippen molar-refractivity contribution in [2.45, 2.75) is 45.3 Å². The van der Waals surface area contributed by atoms with Crippen LogP contribution in [-0.4, -0.2) is 15.9 Å². The average Bonchev–Trinajstić information content (AvgIpc) is 3.20. The van der Waals surface area contributed by atoms with E-state index in [-0.39, 0.29) is 0 Å². The fourth-order valence-corrected chi connectivity index (χ4v) is 3.10. The maximum absolute atomic E-state index is 4.70. The molecule has 0 amide bonds. The molecule has 3 heteroatoms. The van der Waals surface area contributed by atoms with Crippen molar-refractivity contribution < 1.29 is 0 Å². The Balaban J connectivity index is 1.67. The third-order valence-corrected chi connectivity index (χ3v) is 4.60. The minimum Gasteiger partial charge on any atom is -0.290 e. The Kier molecular flexibility index (Phi) is 3.95. The lowest BCUT2D eigenvalue weighted by Gasteiger charge is -2.21. The molecule has 19 heavy (non-hydrogen) atoms. The summed E-state index contributed by atoms with van der Waals surface area (Å²) in [6, 6.07) is 11.5. The fourth-order valence-electron chi connectivity index (χ4n) is 2.36. The van der Waals surface area contributed by atoms with Crippen LogP contribution in [0.3, 0.4) is 0 Å². The summed E-state index contributed by atoms with van der Waals surface area (Å²) in [5.41, 5.74) is 2.64. The summed E-state index contributed by atoms with van der Waals surface area (Å²) in [5.74, 6) is 0. The first-order valence-corrected chi connectivity index (χ1v) is 7.94. The monoisotopic (exact) mass is 272 g/mol. The molecule has 0 radical (unpaired) electrons. The largest absolute Gasteiger partial charge is 0.290 e. The molecule has 1 heterocycles. The number of hydrogen-bond donors (Lipinski definition) is 0. The quantitative estimate of drug-likeness (QED) is 0.793. The highest BCUT2D eigenvalue weighted by Gasteiger charge is 2.29. The van der Waals surface area contributed by atoms with E-state index >= 15 is 0 Å². The number of thiazole rings is 1. The zero-order valence-corrected chi connectivity index (χ0v) is 12.2. The van der Waals surface area contributed by atoms with Gasteiger partial charge in [-0.15, -0.1) is 11.3 Å². The predicted molar refractivity (Wildman–Crippen MR) is 80.2 cm³/mol. The van der Waals surface area contributed by atoms with Gasteiger partial charge >= 0.3 is 0 Å². The van der Waals surface area contributed by atoms with Crippen molar-refractivity contribution in [3.8, 4) is 0 Å². The van der Waals surface area contributed by atoms with Gasteiger partial charge in [-0.1, -0.05) is 37.3 Å². The van der Waals surface area contributed by atoms with Crippen molar-refractivity contribution >= 4 is 11.3 Å². The molecule has 1 saturated carbocycles. The van der Waals surface area contributed by atoms with E-state index in [1.54, 1.807) is 11.3 Å². The highest BCUT2D eigenvalue weighted by molar-refractivity contribution is 7.09. The molecule has 0 saturated heterocycles. The second-order valence-corrected chi connectivity index (χ2v) is 6.15. The molecule has 1 aromatic carbocycles. The van der Waals surface area contributed by atoms with Gasteiger partial charge in [0.1, 0.15) is 0 Å². The summed E-state index contributed by atoms with van der Waals surface area (Å²) < 4.78 is 0. The summed E-state index contributed by atoms with van der Waals surface area (Å²) in [6.45, 7) is 4.21. The van der Waals surface area contributed by atoms with Gasteiger partial charge < -0.3 is 0 Å². The van der Waals surface area contributed by atoms with Crippen LogP contribution < -0.4 is 0 Å². The van der Waals surface area contributed by atoms with Crippen LogP contribution >= 0.6 is 11.3 Å². The van der Waals surface area contributed by atoms with Crippen molar-refractivity contribution in [1.29, 1.82) is 0 Å². The Labute approximate surface area is 119 Å².